The van der Waals surface area contributed by atoms with Gasteiger partial charge in [0.1, 0.15) is 0 Å². The highest BCUT2D eigenvalue weighted by Crippen LogP contribution is 2.28. The Morgan fingerprint density at radius 3 is 3.00 bits per heavy atom. The molecule has 2 aliphatic rings. The Labute approximate surface area is 100 Å². The topological polar surface area (TPSA) is 78.1 Å². The molecule has 3 rings (SSSR count). The maximum atomic E-state index is 12.3. The summed E-state index contributed by atoms with van der Waals surface area (Å²) < 4.78 is 26.1. The Morgan fingerprint density at radius 1 is 1.41 bits per heavy atom. The van der Waals surface area contributed by atoms with Crippen molar-refractivity contribution in [2.45, 2.75) is 23.9 Å². The minimum Gasteiger partial charge on any atom is -0.312 e. The lowest BCUT2D eigenvalue weighted by Crippen LogP contribution is -2.41. The highest BCUT2D eigenvalue weighted by atomic mass is 32.2. The first kappa shape index (κ1) is 11.2. The van der Waals surface area contributed by atoms with E-state index in [1.54, 1.807) is 4.31 Å². The summed E-state index contributed by atoms with van der Waals surface area (Å²) in [6.45, 7) is 2.20. The molecule has 2 fully saturated rings. The van der Waals surface area contributed by atoms with Crippen LogP contribution in [0.15, 0.2) is 17.3 Å². The van der Waals surface area contributed by atoms with Crippen molar-refractivity contribution in [2.75, 3.05) is 19.6 Å². The fourth-order valence-electron chi connectivity index (χ4n) is 2.73. The summed E-state index contributed by atoms with van der Waals surface area (Å²) in [4.78, 5) is 0. The predicted octanol–water partition coefficient (Wildman–Crippen LogP) is -0.218. The zero-order chi connectivity index (χ0) is 11.9. The summed E-state index contributed by atoms with van der Waals surface area (Å²) >= 11 is 0. The monoisotopic (exact) mass is 256 g/mol. The van der Waals surface area contributed by atoms with Gasteiger partial charge >= 0.3 is 0 Å². The molecule has 2 saturated heterocycles. The van der Waals surface area contributed by atoms with Crippen LogP contribution < -0.4 is 5.32 Å². The molecular formula is C10H16N4O2S. The highest BCUT2D eigenvalue weighted by Gasteiger charge is 2.40. The van der Waals surface area contributed by atoms with E-state index in [-0.39, 0.29) is 5.03 Å². The molecule has 2 aliphatic heterocycles. The van der Waals surface area contributed by atoms with E-state index in [9.17, 15) is 8.42 Å². The average Bonchev–Trinajstić information content (AvgIpc) is 2.98. The van der Waals surface area contributed by atoms with E-state index in [1.807, 2.05) is 0 Å². The van der Waals surface area contributed by atoms with Gasteiger partial charge in [0.2, 0.25) is 0 Å². The molecule has 94 valence electrons. The van der Waals surface area contributed by atoms with E-state index < -0.39 is 10.0 Å². The van der Waals surface area contributed by atoms with Crippen LogP contribution in [-0.4, -0.2) is 48.6 Å². The van der Waals surface area contributed by atoms with Crippen molar-refractivity contribution in [1.29, 1.82) is 0 Å². The van der Waals surface area contributed by atoms with Crippen molar-refractivity contribution >= 4 is 10.0 Å². The van der Waals surface area contributed by atoms with Gasteiger partial charge in [0, 0.05) is 19.1 Å². The molecule has 17 heavy (non-hydrogen) atoms. The van der Waals surface area contributed by atoms with Crippen LogP contribution >= 0.6 is 0 Å². The molecule has 2 atom stereocenters. The summed E-state index contributed by atoms with van der Waals surface area (Å²) in [5.74, 6) is 0.460. The summed E-state index contributed by atoms with van der Waals surface area (Å²) in [6, 6.07) is 1.83. The number of piperidine rings is 1. The molecule has 0 aliphatic carbocycles. The van der Waals surface area contributed by atoms with Gasteiger partial charge in [-0.25, -0.2) is 8.42 Å². The van der Waals surface area contributed by atoms with Crippen molar-refractivity contribution in [2.24, 2.45) is 5.92 Å². The second-order valence-electron chi connectivity index (χ2n) is 4.71. The molecule has 0 spiro atoms. The number of rotatable bonds is 2. The summed E-state index contributed by atoms with van der Waals surface area (Å²) in [7, 11) is -3.38. The Bertz CT molecular complexity index is 470. The molecule has 2 unspecified atom stereocenters. The van der Waals surface area contributed by atoms with Gasteiger partial charge in [0.25, 0.3) is 10.0 Å². The molecule has 0 saturated carbocycles. The second kappa shape index (κ2) is 4.08. The molecule has 0 amide bonds. The lowest BCUT2D eigenvalue weighted by Gasteiger charge is -2.24. The maximum Gasteiger partial charge on any atom is 0.260 e. The number of aromatic nitrogens is 2. The smallest absolute Gasteiger partial charge is 0.260 e. The standard InChI is InChI=1S/C10H16N4O2S/c15-17(16,10-3-5-12-13-10)14-6-8-2-1-4-11-9(8)7-14/h3,5,8-9,11H,1-2,4,6-7H2,(H,12,13). The number of aromatic amines is 1. The lowest BCUT2D eigenvalue weighted by molar-refractivity contribution is 0.339. The summed E-state index contributed by atoms with van der Waals surface area (Å²) in [5, 5.41) is 9.83. The largest absolute Gasteiger partial charge is 0.312 e. The molecule has 3 heterocycles. The highest BCUT2D eigenvalue weighted by molar-refractivity contribution is 7.89. The average molecular weight is 256 g/mol. The number of sulfonamides is 1. The van der Waals surface area contributed by atoms with E-state index in [0.717, 1.165) is 19.4 Å². The fourth-order valence-corrected chi connectivity index (χ4v) is 4.15. The third-order valence-corrected chi connectivity index (χ3v) is 5.42. The van der Waals surface area contributed by atoms with Gasteiger partial charge in [-0.2, -0.15) is 9.40 Å². The number of nitrogens with one attached hydrogen (secondary N) is 2. The van der Waals surface area contributed by atoms with Crippen molar-refractivity contribution < 1.29 is 8.42 Å². The van der Waals surface area contributed by atoms with E-state index in [0.29, 0.717) is 25.0 Å². The molecular weight excluding hydrogens is 240 g/mol. The van der Waals surface area contributed by atoms with Crippen LogP contribution in [0.4, 0.5) is 0 Å². The minimum absolute atomic E-state index is 0.191. The second-order valence-corrected chi connectivity index (χ2v) is 6.61. The molecule has 0 bridgehead atoms. The molecule has 0 aromatic carbocycles. The van der Waals surface area contributed by atoms with Gasteiger partial charge in [-0.05, 0) is 31.4 Å². The van der Waals surface area contributed by atoms with E-state index in [4.69, 9.17) is 0 Å². The van der Waals surface area contributed by atoms with Gasteiger partial charge < -0.3 is 5.32 Å². The van der Waals surface area contributed by atoms with Crippen LogP contribution in [0, 0.1) is 5.92 Å². The van der Waals surface area contributed by atoms with Crippen LogP contribution in [0.5, 0.6) is 0 Å². The summed E-state index contributed by atoms with van der Waals surface area (Å²) in [6.07, 6.45) is 3.72. The quantitative estimate of drug-likeness (QED) is 0.767. The molecule has 2 N–H and O–H groups in total. The third-order valence-electron chi connectivity index (χ3n) is 3.66. The normalized spacial score (nSPS) is 30.4. The van der Waals surface area contributed by atoms with Crippen LogP contribution in [0.2, 0.25) is 0 Å². The molecule has 1 aromatic heterocycles. The molecule has 6 nitrogen and oxygen atoms in total. The SMILES string of the molecule is O=S(=O)(c1ccn[nH]1)N1CC2CCCNC2C1. The zero-order valence-corrected chi connectivity index (χ0v) is 10.3. The van der Waals surface area contributed by atoms with E-state index in [2.05, 4.69) is 15.5 Å². The number of nitrogens with zero attached hydrogens (tertiary/aromatic N) is 2. The Balaban J connectivity index is 1.82. The van der Waals surface area contributed by atoms with Crippen LogP contribution in [0.3, 0.4) is 0 Å². The number of hydrogen-bond donors (Lipinski definition) is 2. The van der Waals surface area contributed by atoms with Crippen LogP contribution in [0.1, 0.15) is 12.8 Å². The first-order valence-corrected chi connectivity index (χ1v) is 7.35. The van der Waals surface area contributed by atoms with Gasteiger partial charge in [-0.15, -0.1) is 0 Å². The molecule has 7 heteroatoms. The minimum atomic E-state index is -3.38. The van der Waals surface area contributed by atoms with Crippen molar-refractivity contribution in [3.8, 4) is 0 Å². The predicted molar refractivity (Wildman–Crippen MR) is 61.9 cm³/mol. The fraction of sp³-hybridized carbons (Fsp3) is 0.700. The van der Waals surface area contributed by atoms with E-state index in [1.165, 1.54) is 12.3 Å². The number of fused-ring (bicyclic) bond motifs is 1. The van der Waals surface area contributed by atoms with Gasteiger partial charge in [-0.3, -0.25) is 5.10 Å². The van der Waals surface area contributed by atoms with Crippen molar-refractivity contribution in [3.05, 3.63) is 12.3 Å². The maximum absolute atomic E-state index is 12.3. The lowest BCUT2D eigenvalue weighted by atomic mass is 9.94. The molecule has 1 aromatic rings. The first-order chi connectivity index (χ1) is 8.18. The zero-order valence-electron chi connectivity index (χ0n) is 9.46. The van der Waals surface area contributed by atoms with Gasteiger partial charge in [-0.1, -0.05) is 0 Å². The summed E-state index contributed by atoms with van der Waals surface area (Å²) in [5.41, 5.74) is 0. The van der Waals surface area contributed by atoms with Crippen molar-refractivity contribution in [3.63, 3.8) is 0 Å². The van der Waals surface area contributed by atoms with Gasteiger partial charge in [0.15, 0.2) is 5.03 Å². The third kappa shape index (κ3) is 1.88. The Kier molecular flexibility index (Phi) is 2.68. The van der Waals surface area contributed by atoms with Crippen molar-refractivity contribution in [1.82, 2.24) is 19.8 Å². The Hall–Kier alpha value is -0.920. The van der Waals surface area contributed by atoms with Crippen LogP contribution in [0.25, 0.3) is 0 Å². The Morgan fingerprint density at radius 2 is 2.29 bits per heavy atom. The number of hydrogen-bond acceptors (Lipinski definition) is 4. The first-order valence-electron chi connectivity index (χ1n) is 5.91. The number of H-pyrrole nitrogens is 1. The molecule has 0 radical (unpaired) electrons. The van der Waals surface area contributed by atoms with E-state index >= 15 is 0 Å². The van der Waals surface area contributed by atoms with Crippen LogP contribution in [-0.2, 0) is 10.0 Å². The van der Waals surface area contributed by atoms with Gasteiger partial charge in [0.05, 0.1) is 6.20 Å².